The van der Waals surface area contributed by atoms with Gasteiger partial charge in [-0.05, 0) is 49.3 Å². The van der Waals surface area contributed by atoms with Crippen molar-refractivity contribution in [1.82, 2.24) is 19.8 Å². The lowest BCUT2D eigenvalue weighted by atomic mass is 9.92. The number of aryl methyl sites for hydroxylation is 1. The first-order chi connectivity index (χ1) is 13.1. The van der Waals surface area contributed by atoms with E-state index in [0.717, 1.165) is 44.5 Å². The monoisotopic (exact) mass is 370 g/mol. The van der Waals surface area contributed by atoms with Crippen molar-refractivity contribution in [2.24, 2.45) is 5.92 Å². The summed E-state index contributed by atoms with van der Waals surface area (Å²) in [5, 5.41) is 11.8. The summed E-state index contributed by atoms with van der Waals surface area (Å²) < 4.78 is 2.10. The molecule has 2 amide bonds. The largest absolute Gasteiger partial charge is 0.478 e. The predicted molar refractivity (Wildman–Crippen MR) is 101 cm³/mol. The molecule has 1 aromatic carbocycles. The number of carbonyl (C=O) groups is 2. The lowest BCUT2D eigenvalue weighted by molar-refractivity contribution is 0.0697. The summed E-state index contributed by atoms with van der Waals surface area (Å²) >= 11 is 0. The van der Waals surface area contributed by atoms with E-state index in [2.05, 4.69) is 14.9 Å². The zero-order chi connectivity index (χ0) is 19.1. The fraction of sp³-hybridized carbons (Fsp3) is 0.450. The Morgan fingerprint density at radius 1 is 1.19 bits per heavy atom. The number of aromatic nitrogens is 2. The number of benzene rings is 1. The number of carboxylic acids is 1. The first-order valence-electron chi connectivity index (χ1n) is 9.42. The van der Waals surface area contributed by atoms with E-state index in [1.54, 1.807) is 30.5 Å². The van der Waals surface area contributed by atoms with Crippen LogP contribution in [0.25, 0.3) is 0 Å². The number of carbonyl (C=O) groups excluding carboxylic acids is 1. The van der Waals surface area contributed by atoms with Gasteiger partial charge in [0.05, 0.1) is 11.9 Å². The lowest BCUT2D eigenvalue weighted by Crippen LogP contribution is -2.44. The predicted octanol–water partition coefficient (Wildman–Crippen LogP) is 2.98. The molecule has 0 bridgehead atoms. The smallest absolute Gasteiger partial charge is 0.335 e. The molecule has 0 aliphatic carbocycles. The summed E-state index contributed by atoms with van der Waals surface area (Å²) in [5.74, 6) is -0.264. The van der Waals surface area contributed by atoms with Crippen molar-refractivity contribution in [3.63, 3.8) is 0 Å². The normalized spacial score (nSPS) is 14.9. The maximum atomic E-state index is 12.3. The van der Waals surface area contributed by atoms with Crippen LogP contribution in [0.15, 0.2) is 43.0 Å². The van der Waals surface area contributed by atoms with Gasteiger partial charge in [0, 0.05) is 38.6 Å². The summed E-state index contributed by atoms with van der Waals surface area (Å²) in [6.45, 7) is 2.99. The molecule has 0 saturated carbocycles. The van der Waals surface area contributed by atoms with Gasteiger partial charge in [-0.25, -0.2) is 14.6 Å². The lowest BCUT2D eigenvalue weighted by Gasteiger charge is -2.32. The summed E-state index contributed by atoms with van der Waals surface area (Å²) in [6.07, 6.45) is 10.1. The van der Waals surface area contributed by atoms with Crippen LogP contribution in [0.2, 0.25) is 0 Å². The van der Waals surface area contributed by atoms with Crippen LogP contribution in [-0.2, 0) is 13.1 Å². The zero-order valence-electron chi connectivity index (χ0n) is 15.4. The maximum absolute atomic E-state index is 12.3. The average Bonchev–Trinajstić information content (AvgIpc) is 3.20. The molecule has 3 rings (SSSR count). The highest BCUT2D eigenvalue weighted by Gasteiger charge is 2.22. The van der Waals surface area contributed by atoms with Gasteiger partial charge in [-0.1, -0.05) is 12.1 Å². The van der Waals surface area contributed by atoms with Gasteiger partial charge in [-0.15, -0.1) is 0 Å². The van der Waals surface area contributed by atoms with Crippen LogP contribution in [0.5, 0.6) is 0 Å². The van der Waals surface area contributed by atoms with Crippen LogP contribution in [0.3, 0.4) is 0 Å². The Labute approximate surface area is 159 Å². The van der Waals surface area contributed by atoms with Crippen molar-refractivity contribution in [2.75, 3.05) is 13.1 Å². The van der Waals surface area contributed by atoms with Gasteiger partial charge in [0.25, 0.3) is 0 Å². The molecule has 2 N–H and O–H groups in total. The van der Waals surface area contributed by atoms with E-state index in [9.17, 15) is 9.59 Å². The van der Waals surface area contributed by atoms with Crippen LogP contribution in [-0.4, -0.2) is 44.6 Å². The molecule has 0 radical (unpaired) electrons. The molecule has 0 spiro atoms. The third-order valence-corrected chi connectivity index (χ3v) is 5.13. The summed E-state index contributed by atoms with van der Waals surface area (Å²) in [6, 6.07) is 6.53. The Balaban J connectivity index is 1.35. The Hall–Kier alpha value is -2.83. The van der Waals surface area contributed by atoms with Gasteiger partial charge < -0.3 is 19.9 Å². The zero-order valence-corrected chi connectivity index (χ0v) is 15.4. The molecule has 1 aromatic heterocycles. The van der Waals surface area contributed by atoms with Crippen LogP contribution in [0.1, 0.15) is 41.6 Å². The molecule has 1 aliphatic rings. The van der Waals surface area contributed by atoms with Crippen molar-refractivity contribution >= 4 is 12.0 Å². The number of aromatic carboxylic acids is 1. The third-order valence-electron chi connectivity index (χ3n) is 5.13. The van der Waals surface area contributed by atoms with Crippen molar-refractivity contribution < 1.29 is 14.7 Å². The van der Waals surface area contributed by atoms with Crippen molar-refractivity contribution in [3.05, 3.63) is 54.1 Å². The molecule has 2 heterocycles. The fourth-order valence-corrected chi connectivity index (χ4v) is 3.46. The second kappa shape index (κ2) is 9.21. The van der Waals surface area contributed by atoms with Crippen LogP contribution in [0.4, 0.5) is 4.79 Å². The molecule has 1 fully saturated rings. The molecule has 2 aromatic rings. The van der Waals surface area contributed by atoms with Crippen molar-refractivity contribution in [1.29, 1.82) is 0 Å². The first kappa shape index (κ1) is 18.9. The second-order valence-electron chi connectivity index (χ2n) is 7.03. The molecule has 144 valence electrons. The van der Waals surface area contributed by atoms with Gasteiger partial charge in [0.15, 0.2) is 0 Å². The number of hydrogen-bond acceptors (Lipinski definition) is 3. The highest BCUT2D eigenvalue weighted by molar-refractivity contribution is 5.87. The summed E-state index contributed by atoms with van der Waals surface area (Å²) in [7, 11) is 0. The number of hydrogen-bond donors (Lipinski definition) is 2. The topological polar surface area (TPSA) is 87.5 Å². The van der Waals surface area contributed by atoms with E-state index < -0.39 is 5.97 Å². The molecule has 7 nitrogen and oxygen atoms in total. The highest BCUT2D eigenvalue weighted by atomic mass is 16.4. The number of rotatable bonds is 7. The molecule has 0 unspecified atom stereocenters. The Kier molecular flexibility index (Phi) is 6.46. The standard InChI is InChI=1S/C20H26N4O3/c25-19(26)18-5-3-17(4-6-18)14-22-20(27)24-11-7-16(8-12-24)2-1-10-23-13-9-21-15-23/h3-6,9,13,15-16H,1-2,7-8,10-12,14H2,(H,22,27)(H,25,26). The number of urea groups is 1. The summed E-state index contributed by atoms with van der Waals surface area (Å²) in [5.41, 5.74) is 1.14. The minimum absolute atomic E-state index is 0.0471. The van der Waals surface area contributed by atoms with Crippen LogP contribution in [0, 0.1) is 5.92 Å². The number of amides is 2. The number of carboxylic acid groups (broad SMARTS) is 1. The molecule has 27 heavy (non-hydrogen) atoms. The molecule has 1 aliphatic heterocycles. The Bertz CT molecular complexity index is 735. The number of nitrogens with zero attached hydrogens (tertiary/aromatic N) is 3. The maximum Gasteiger partial charge on any atom is 0.335 e. The van der Waals surface area contributed by atoms with E-state index in [1.165, 1.54) is 6.42 Å². The third kappa shape index (κ3) is 5.57. The second-order valence-corrected chi connectivity index (χ2v) is 7.03. The molecular formula is C20H26N4O3. The van der Waals surface area contributed by atoms with Crippen molar-refractivity contribution in [2.45, 2.75) is 38.8 Å². The van der Waals surface area contributed by atoms with Gasteiger partial charge in [-0.3, -0.25) is 0 Å². The van der Waals surface area contributed by atoms with Gasteiger partial charge in [0.2, 0.25) is 0 Å². The van der Waals surface area contributed by atoms with E-state index in [0.29, 0.717) is 12.5 Å². The van der Waals surface area contributed by atoms with Gasteiger partial charge in [-0.2, -0.15) is 0 Å². The average molecular weight is 370 g/mol. The molecule has 1 saturated heterocycles. The fourth-order valence-electron chi connectivity index (χ4n) is 3.46. The quantitative estimate of drug-likeness (QED) is 0.784. The number of piperidine rings is 1. The van der Waals surface area contributed by atoms with E-state index in [1.807, 2.05) is 17.4 Å². The van der Waals surface area contributed by atoms with E-state index in [4.69, 9.17) is 5.11 Å². The number of likely N-dealkylation sites (tertiary alicyclic amines) is 1. The number of nitrogens with one attached hydrogen (secondary N) is 1. The van der Waals surface area contributed by atoms with Crippen LogP contribution >= 0.6 is 0 Å². The van der Waals surface area contributed by atoms with Crippen molar-refractivity contribution in [3.8, 4) is 0 Å². The molecule has 7 heteroatoms. The first-order valence-corrected chi connectivity index (χ1v) is 9.42. The van der Waals surface area contributed by atoms with Gasteiger partial charge in [0.1, 0.15) is 0 Å². The Morgan fingerprint density at radius 3 is 2.56 bits per heavy atom. The molecular weight excluding hydrogens is 344 g/mol. The van der Waals surface area contributed by atoms with Crippen LogP contribution < -0.4 is 5.32 Å². The molecule has 0 atom stereocenters. The summed E-state index contributed by atoms with van der Waals surface area (Å²) in [4.78, 5) is 29.1. The minimum Gasteiger partial charge on any atom is -0.478 e. The Morgan fingerprint density at radius 2 is 1.93 bits per heavy atom. The van der Waals surface area contributed by atoms with E-state index >= 15 is 0 Å². The van der Waals surface area contributed by atoms with Gasteiger partial charge >= 0.3 is 12.0 Å². The SMILES string of the molecule is O=C(O)c1ccc(CNC(=O)N2CCC(CCCn3ccnc3)CC2)cc1. The minimum atomic E-state index is -0.946. The number of imidazole rings is 1. The van der Waals surface area contributed by atoms with E-state index in [-0.39, 0.29) is 11.6 Å². The highest BCUT2D eigenvalue weighted by Crippen LogP contribution is 2.22.